The molecule has 0 radical (unpaired) electrons. The normalized spacial score (nSPS) is 8.64. The molecule has 0 fully saturated rings. The number of hydrogen-bond acceptors (Lipinski definition) is 5. The first-order valence-electron chi connectivity index (χ1n) is 4.04. The largest absolute Gasteiger partial charge is 0.368 e. The number of nitrogen functional groups attached to an aromatic ring is 1. The Morgan fingerprint density at radius 2 is 1.71 bits per heavy atom. The zero-order chi connectivity index (χ0) is 10.2. The van der Waals surface area contributed by atoms with Gasteiger partial charge in [0.15, 0.2) is 0 Å². The fraction of sp³-hybridized carbons (Fsp3) is 0.111. The molecular formula is C9H11N5. The van der Waals surface area contributed by atoms with Gasteiger partial charge >= 0.3 is 0 Å². The zero-order valence-electron chi connectivity index (χ0n) is 7.83. The number of aromatic nitrogens is 4. The molecule has 5 nitrogen and oxygen atoms in total. The van der Waals surface area contributed by atoms with Crippen molar-refractivity contribution in [3.05, 3.63) is 42.7 Å². The Morgan fingerprint density at radius 1 is 1.00 bits per heavy atom. The van der Waals surface area contributed by atoms with E-state index >= 15 is 0 Å². The average molecular weight is 189 g/mol. The van der Waals surface area contributed by atoms with Crippen molar-refractivity contribution in [2.45, 2.75) is 6.92 Å². The van der Waals surface area contributed by atoms with Gasteiger partial charge in [0.25, 0.3) is 0 Å². The van der Waals surface area contributed by atoms with Gasteiger partial charge in [0, 0.05) is 31.0 Å². The molecule has 72 valence electrons. The predicted octanol–water partition coefficient (Wildman–Crippen LogP) is 0.844. The summed E-state index contributed by atoms with van der Waals surface area (Å²) in [6.45, 7) is 1.91. The van der Waals surface area contributed by atoms with Crippen LogP contribution in [0.1, 0.15) is 5.69 Å². The van der Waals surface area contributed by atoms with Gasteiger partial charge in [-0.05, 0) is 13.0 Å². The smallest absolute Gasteiger partial charge is 0.219 e. The molecule has 0 bridgehead atoms. The lowest BCUT2D eigenvalue weighted by atomic mass is 10.5. The molecule has 0 saturated carbocycles. The minimum absolute atomic E-state index is 0.322. The summed E-state index contributed by atoms with van der Waals surface area (Å²) in [6, 6.07) is 1.72. The third-order valence-corrected chi connectivity index (χ3v) is 1.28. The average Bonchev–Trinajstić information content (AvgIpc) is 2.21. The standard InChI is InChI=1S/C5H6N2.C4H5N3/c1-5-4-6-2-3-7-5;5-4-6-2-1-3-7-4/h2-4H,1H3;1-3H,(H2,5,6,7). The summed E-state index contributed by atoms with van der Waals surface area (Å²) in [5.74, 6) is 0.322. The maximum atomic E-state index is 5.14. The number of hydrogen-bond donors (Lipinski definition) is 1. The van der Waals surface area contributed by atoms with Crippen molar-refractivity contribution in [3.63, 3.8) is 0 Å². The van der Waals surface area contributed by atoms with E-state index in [1.165, 1.54) is 0 Å². The first-order valence-corrected chi connectivity index (χ1v) is 4.04. The van der Waals surface area contributed by atoms with E-state index in [-0.39, 0.29) is 0 Å². The highest BCUT2D eigenvalue weighted by Gasteiger charge is 1.75. The maximum Gasteiger partial charge on any atom is 0.219 e. The Kier molecular flexibility index (Phi) is 4.00. The number of nitrogens with two attached hydrogens (primary N) is 1. The third-order valence-electron chi connectivity index (χ3n) is 1.28. The summed E-state index contributed by atoms with van der Waals surface area (Å²) in [6.07, 6.45) is 8.26. The highest BCUT2D eigenvalue weighted by Crippen LogP contribution is 1.82. The van der Waals surface area contributed by atoms with Crippen LogP contribution in [-0.4, -0.2) is 19.9 Å². The fourth-order valence-corrected chi connectivity index (χ4v) is 0.684. The number of nitrogens with zero attached hydrogens (tertiary/aromatic N) is 4. The minimum Gasteiger partial charge on any atom is -0.368 e. The van der Waals surface area contributed by atoms with Crippen LogP contribution in [0.25, 0.3) is 0 Å². The molecule has 0 unspecified atom stereocenters. The van der Waals surface area contributed by atoms with Gasteiger partial charge in [-0.25, -0.2) is 9.97 Å². The molecule has 5 heteroatoms. The molecule has 0 amide bonds. The van der Waals surface area contributed by atoms with Crippen molar-refractivity contribution in [1.82, 2.24) is 19.9 Å². The molecular weight excluding hydrogens is 178 g/mol. The van der Waals surface area contributed by atoms with Crippen molar-refractivity contribution in [2.75, 3.05) is 5.73 Å². The van der Waals surface area contributed by atoms with E-state index in [1.54, 1.807) is 37.1 Å². The van der Waals surface area contributed by atoms with Gasteiger partial charge in [0.05, 0.1) is 5.69 Å². The van der Waals surface area contributed by atoms with Crippen molar-refractivity contribution >= 4 is 5.95 Å². The van der Waals surface area contributed by atoms with E-state index in [0.29, 0.717) is 5.95 Å². The Hall–Kier alpha value is -2.04. The van der Waals surface area contributed by atoms with Gasteiger partial charge in [-0.15, -0.1) is 0 Å². The monoisotopic (exact) mass is 189 g/mol. The molecule has 0 aliphatic heterocycles. The van der Waals surface area contributed by atoms with Gasteiger partial charge in [-0.1, -0.05) is 0 Å². The molecule has 14 heavy (non-hydrogen) atoms. The molecule has 0 aliphatic rings. The Bertz CT molecular complexity index is 311. The third kappa shape index (κ3) is 4.10. The molecule has 2 aromatic heterocycles. The lowest BCUT2D eigenvalue weighted by molar-refractivity contribution is 1.12. The molecule has 0 aromatic carbocycles. The zero-order valence-corrected chi connectivity index (χ0v) is 7.83. The summed E-state index contributed by atoms with van der Waals surface area (Å²) >= 11 is 0. The molecule has 0 aliphatic carbocycles. The molecule has 0 atom stereocenters. The first kappa shape index (κ1) is 10.0. The van der Waals surface area contributed by atoms with Crippen LogP contribution in [0.4, 0.5) is 5.95 Å². The molecule has 2 rings (SSSR count). The van der Waals surface area contributed by atoms with Crippen LogP contribution in [0.3, 0.4) is 0 Å². The van der Waals surface area contributed by atoms with Crippen molar-refractivity contribution in [1.29, 1.82) is 0 Å². The van der Waals surface area contributed by atoms with Gasteiger partial charge < -0.3 is 5.73 Å². The van der Waals surface area contributed by atoms with Crippen molar-refractivity contribution in [3.8, 4) is 0 Å². The van der Waals surface area contributed by atoms with Gasteiger partial charge in [-0.2, -0.15) is 0 Å². The molecule has 2 aromatic rings. The summed E-state index contributed by atoms with van der Waals surface area (Å²) in [5.41, 5.74) is 6.10. The summed E-state index contributed by atoms with van der Waals surface area (Å²) in [5, 5.41) is 0. The summed E-state index contributed by atoms with van der Waals surface area (Å²) < 4.78 is 0. The topological polar surface area (TPSA) is 77.6 Å². The lowest BCUT2D eigenvalue weighted by Crippen LogP contribution is -1.90. The number of anilines is 1. The second-order valence-electron chi connectivity index (χ2n) is 2.45. The van der Waals surface area contributed by atoms with Crippen LogP contribution in [0, 0.1) is 6.92 Å². The molecule has 2 heterocycles. The molecule has 0 spiro atoms. The Balaban J connectivity index is 0.000000140. The van der Waals surface area contributed by atoms with Crippen molar-refractivity contribution in [2.24, 2.45) is 0 Å². The van der Waals surface area contributed by atoms with Crippen molar-refractivity contribution < 1.29 is 0 Å². The number of rotatable bonds is 0. The van der Waals surface area contributed by atoms with E-state index in [0.717, 1.165) is 5.69 Å². The predicted molar refractivity (Wildman–Crippen MR) is 53.2 cm³/mol. The molecule has 2 N–H and O–H groups in total. The van der Waals surface area contributed by atoms with Gasteiger partial charge in [0.1, 0.15) is 0 Å². The van der Waals surface area contributed by atoms with Crippen LogP contribution in [0.5, 0.6) is 0 Å². The SMILES string of the molecule is Cc1cnccn1.Nc1ncccn1. The minimum atomic E-state index is 0.322. The first-order chi connectivity index (χ1) is 6.79. The van der Waals surface area contributed by atoms with Crippen LogP contribution in [-0.2, 0) is 0 Å². The van der Waals surface area contributed by atoms with E-state index in [4.69, 9.17) is 5.73 Å². The molecule has 0 saturated heterocycles. The maximum absolute atomic E-state index is 5.14. The second-order valence-corrected chi connectivity index (χ2v) is 2.45. The summed E-state index contributed by atoms with van der Waals surface area (Å²) in [7, 11) is 0. The Morgan fingerprint density at radius 3 is 2.00 bits per heavy atom. The number of aryl methyl sites for hydroxylation is 1. The van der Waals surface area contributed by atoms with Crippen LogP contribution >= 0.6 is 0 Å². The van der Waals surface area contributed by atoms with E-state index < -0.39 is 0 Å². The summed E-state index contributed by atoms with van der Waals surface area (Å²) in [4.78, 5) is 15.0. The Labute approximate surface area is 82.1 Å². The van der Waals surface area contributed by atoms with Crippen LogP contribution < -0.4 is 5.73 Å². The second kappa shape index (κ2) is 5.58. The van der Waals surface area contributed by atoms with Crippen LogP contribution in [0.15, 0.2) is 37.1 Å². The fourth-order valence-electron chi connectivity index (χ4n) is 0.684. The quantitative estimate of drug-likeness (QED) is 0.664. The van der Waals surface area contributed by atoms with Gasteiger partial charge in [0.2, 0.25) is 5.95 Å². The van der Waals surface area contributed by atoms with Crippen LogP contribution in [0.2, 0.25) is 0 Å². The van der Waals surface area contributed by atoms with Gasteiger partial charge in [-0.3, -0.25) is 9.97 Å². The van der Waals surface area contributed by atoms with E-state index in [1.807, 2.05) is 6.92 Å². The van der Waals surface area contributed by atoms with E-state index in [9.17, 15) is 0 Å². The highest BCUT2D eigenvalue weighted by molar-refractivity contribution is 5.11. The highest BCUT2D eigenvalue weighted by atomic mass is 15.0. The van der Waals surface area contributed by atoms with E-state index in [2.05, 4.69) is 19.9 Å². The lowest BCUT2D eigenvalue weighted by Gasteiger charge is -1.82.